The van der Waals surface area contributed by atoms with Gasteiger partial charge in [0.2, 0.25) is 0 Å². The molecule has 0 aliphatic rings. The van der Waals surface area contributed by atoms with Crippen LogP contribution in [0, 0.1) is 19.1 Å². The summed E-state index contributed by atoms with van der Waals surface area (Å²) in [5.41, 5.74) is 4.47. The van der Waals surface area contributed by atoms with Crippen molar-refractivity contribution in [1.29, 1.82) is 0 Å². The molecular formula is C23H19IrN3O-2. The Morgan fingerprint density at radius 3 is 2.07 bits per heavy atom. The van der Waals surface area contributed by atoms with E-state index >= 15 is 0 Å². The van der Waals surface area contributed by atoms with Crippen LogP contribution in [0.25, 0.3) is 22.5 Å². The zero-order valence-corrected chi connectivity index (χ0v) is 18.0. The summed E-state index contributed by atoms with van der Waals surface area (Å²) in [6, 6.07) is 27.5. The van der Waals surface area contributed by atoms with Crippen molar-refractivity contribution in [3.05, 3.63) is 97.0 Å². The molecule has 4 aromatic rings. The first-order chi connectivity index (χ1) is 13.3. The fourth-order valence-corrected chi connectivity index (χ4v) is 2.40. The van der Waals surface area contributed by atoms with Crippen molar-refractivity contribution < 1.29 is 24.8 Å². The second-order valence-corrected chi connectivity index (χ2v) is 5.64. The van der Waals surface area contributed by atoms with Gasteiger partial charge in [-0.15, -0.1) is 71.8 Å². The normalized spacial score (nSPS) is 9.50. The SMILES string of the molecule is COc1nc(C)cnc1-c1[c-]cccc1.[Ir].[c-]1ccccc1-c1ccccn1. The molecule has 0 atom stereocenters. The van der Waals surface area contributed by atoms with Crippen molar-refractivity contribution in [3.8, 4) is 28.4 Å². The molecule has 1 radical (unpaired) electrons. The van der Waals surface area contributed by atoms with Crippen molar-refractivity contribution in [1.82, 2.24) is 15.0 Å². The predicted molar refractivity (Wildman–Crippen MR) is 106 cm³/mol. The molecule has 4 nitrogen and oxygen atoms in total. The third-order valence-corrected chi connectivity index (χ3v) is 3.67. The average Bonchev–Trinajstić information content (AvgIpc) is 2.76. The summed E-state index contributed by atoms with van der Waals surface area (Å²) >= 11 is 0. The third-order valence-electron chi connectivity index (χ3n) is 3.67. The Balaban J connectivity index is 0.000000198. The molecule has 0 bridgehead atoms. The van der Waals surface area contributed by atoms with Gasteiger partial charge in [-0.05, 0) is 18.7 Å². The van der Waals surface area contributed by atoms with Crippen molar-refractivity contribution >= 4 is 0 Å². The molecule has 0 saturated heterocycles. The van der Waals surface area contributed by atoms with E-state index in [0.29, 0.717) is 5.88 Å². The molecule has 2 heterocycles. The Kier molecular flexibility index (Phi) is 8.47. The van der Waals surface area contributed by atoms with Crippen molar-refractivity contribution in [2.24, 2.45) is 0 Å². The molecule has 0 aliphatic carbocycles. The standard InChI is InChI=1S/C12H11N2O.C11H8N.Ir/c1-9-8-13-11(12(14-9)15-2)10-6-4-3-5-7-10;1-2-6-10(7-3-1)11-8-4-5-9-12-11;/h3-6,8H,1-2H3;1-6,8-9H;/q2*-1;. The van der Waals surface area contributed by atoms with Gasteiger partial charge in [-0.3, -0.25) is 4.98 Å². The van der Waals surface area contributed by atoms with Crippen LogP contribution in [0.1, 0.15) is 5.69 Å². The number of rotatable bonds is 3. The number of aryl methyl sites for hydroxylation is 1. The monoisotopic (exact) mass is 546 g/mol. The van der Waals surface area contributed by atoms with Crippen LogP contribution in [-0.4, -0.2) is 22.1 Å². The van der Waals surface area contributed by atoms with E-state index < -0.39 is 0 Å². The summed E-state index contributed by atoms with van der Waals surface area (Å²) in [6.07, 6.45) is 3.51. The molecule has 28 heavy (non-hydrogen) atoms. The average molecular weight is 546 g/mol. The number of nitrogens with zero attached hydrogens (tertiary/aromatic N) is 3. The quantitative estimate of drug-likeness (QED) is 0.347. The van der Waals surface area contributed by atoms with E-state index in [0.717, 1.165) is 28.2 Å². The molecule has 2 aromatic carbocycles. The number of benzene rings is 2. The molecule has 0 N–H and O–H groups in total. The van der Waals surface area contributed by atoms with Crippen LogP contribution in [0.2, 0.25) is 0 Å². The number of pyridine rings is 1. The van der Waals surface area contributed by atoms with Crippen LogP contribution in [0.3, 0.4) is 0 Å². The summed E-state index contributed by atoms with van der Waals surface area (Å²) < 4.78 is 5.19. The Morgan fingerprint density at radius 1 is 0.821 bits per heavy atom. The largest absolute Gasteiger partial charge is 0.486 e. The van der Waals surface area contributed by atoms with E-state index in [1.165, 1.54) is 0 Å². The maximum absolute atomic E-state index is 5.19. The molecule has 4 rings (SSSR count). The maximum Gasteiger partial charge on any atom is 0.194 e. The minimum absolute atomic E-state index is 0. The van der Waals surface area contributed by atoms with Crippen LogP contribution < -0.4 is 4.74 Å². The topological polar surface area (TPSA) is 47.9 Å². The molecule has 0 amide bonds. The van der Waals surface area contributed by atoms with Gasteiger partial charge >= 0.3 is 0 Å². The first kappa shape index (κ1) is 21.4. The van der Waals surface area contributed by atoms with Crippen LogP contribution in [-0.2, 0) is 20.1 Å². The van der Waals surface area contributed by atoms with E-state index in [1.807, 2.05) is 73.7 Å². The molecule has 0 aliphatic heterocycles. The zero-order valence-electron chi connectivity index (χ0n) is 15.6. The first-order valence-corrected chi connectivity index (χ1v) is 8.51. The first-order valence-electron chi connectivity index (χ1n) is 8.51. The van der Waals surface area contributed by atoms with Gasteiger partial charge in [-0.1, -0.05) is 12.1 Å². The number of methoxy groups -OCH3 is 1. The maximum atomic E-state index is 5.19. The van der Waals surface area contributed by atoms with Crippen molar-refractivity contribution in [2.75, 3.05) is 7.11 Å². The van der Waals surface area contributed by atoms with Crippen LogP contribution in [0.5, 0.6) is 5.88 Å². The molecule has 0 spiro atoms. The minimum Gasteiger partial charge on any atom is -0.486 e. The van der Waals surface area contributed by atoms with Crippen LogP contribution >= 0.6 is 0 Å². The van der Waals surface area contributed by atoms with Gasteiger partial charge in [-0.25, -0.2) is 4.98 Å². The number of ether oxygens (including phenoxy) is 1. The smallest absolute Gasteiger partial charge is 0.194 e. The second kappa shape index (κ2) is 11.1. The van der Waals surface area contributed by atoms with Gasteiger partial charge in [-0.2, -0.15) is 0 Å². The Hall–Kier alpha value is -2.88. The Bertz CT molecular complexity index is 927. The van der Waals surface area contributed by atoms with E-state index in [1.54, 1.807) is 19.5 Å². The van der Waals surface area contributed by atoms with Gasteiger partial charge in [0.25, 0.3) is 0 Å². The molecule has 0 unspecified atom stereocenters. The molecular weight excluding hydrogens is 526 g/mol. The zero-order chi connectivity index (χ0) is 18.9. The third kappa shape index (κ3) is 5.81. The summed E-state index contributed by atoms with van der Waals surface area (Å²) in [4.78, 5) is 12.8. The van der Waals surface area contributed by atoms with Gasteiger partial charge in [0.15, 0.2) is 5.88 Å². The van der Waals surface area contributed by atoms with Crippen LogP contribution in [0.15, 0.2) is 79.1 Å². The van der Waals surface area contributed by atoms with Gasteiger partial charge in [0, 0.05) is 38.2 Å². The van der Waals surface area contributed by atoms with Crippen molar-refractivity contribution in [2.45, 2.75) is 6.92 Å². The summed E-state index contributed by atoms with van der Waals surface area (Å²) in [6.45, 7) is 1.88. The number of hydrogen-bond acceptors (Lipinski definition) is 4. The predicted octanol–water partition coefficient (Wildman–Crippen LogP) is 4.81. The van der Waals surface area contributed by atoms with Crippen molar-refractivity contribution in [3.63, 3.8) is 0 Å². The van der Waals surface area contributed by atoms with E-state index in [9.17, 15) is 0 Å². The van der Waals surface area contributed by atoms with Gasteiger partial charge in [0.1, 0.15) is 0 Å². The van der Waals surface area contributed by atoms with Crippen LogP contribution in [0.4, 0.5) is 0 Å². The summed E-state index contributed by atoms with van der Waals surface area (Å²) in [5.74, 6) is 0.539. The fraction of sp³-hybridized carbons (Fsp3) is 0.0870. The summed E-state index contributed by atoms with van der Waals surface area (Å²) in [7, 11) is 1.59. The van der Waals surface area contributed by atoms with E-state index in [4.69, 9.17) is 4.74 Å². The molecule has 143 valence electrons. The van der Waals surface area contributed by atoms with Gasteiger partial charge < -0.3 is 9.72 Å². The Labute approximate surface area is 179 Å². The molecule has 2 aromatic heterocycles. The molecule has 0 fully saturated rings. The number of hydrogen-bond donors (Lipinski definition) is 0. The van der Waals surface area contributed by atoms with E-state index in [-0.39, 0.29) is 20.1 Å². The fourth-order valence-electron chi connectivity index (χ4n) is 2.40. The Morgan fingerprint density at radius 2 is 1.50 bits per heavy atom. The van der Waals surface area contributed by atoms with E-state index in [2.05, 4.69) is 27.1 Å². The number of aromatic nitrogens is 3. The minimum atomic E-state index is 0. The molecule has 5 heteroatoms. The summed E-state index contributed by atoms with van der Waals surface area (Å²) in [5, 5.41) is 0. The second-order valence-electron chi connectivity index (χ2n) is 5.64. The van der Waals surface area contributed by atoms with Gasteiger partial charge in [0.05, 0.1) is 12.8 Å². The molecule has 0 saturated carbocycles.